The molecule has 0 spiro atoms. The topological polar surface area (TPSA) is 81.2 Å². The van der Waals surface area contributed by atoms with Gasteiger partial charge in [0.15, 0.2) is 0 Å². The molecule has 0 N–H and O–H groups in total. The number of nitrogens with zero attached hydrogens (tertiary/aromatic N) is 4. The van der Waals surface area contributed by atoms with E-state index in [4.69, 9.17) is 0 Å². The minimum atomic E-state index is -0.519. The lowest BCUT2D eigenvalue weighted by atomic mass is 9.85. The Labute approximate surface area is 435 Å². The second-order valence-corrected chi connectivity index (χ2v) is 19.7. The van der Waals surface area contributed by atoms with Crippen LogP contribution >= 0.6 is 0 Å². The van der Waals surface area contributed by atoms with Crippen molar-refractivity contribution >= 4 is 79.9 Å². The van der Waals surface area contributed by atoms with Gasteiger partial charge in [-0.1, -0.05) is 102 Å². The van der Waals surface area contributed by atoms with Crippen molar-refractivity contribution in [3.05, 3.63) is 214 Å². The van der Waals surface area contributed by atoms with E-state index in [1.54, 1.807) is 48.5 Å². The highest BCUT2D eigenvalue weighted by atomic mass is 16.2. The number of carbonyl (C=O) groups excluding carboxylic acids is 4. The van der Waals surface area contributed by atoms with Crippen LogP contribution < -0.4 is 19.6 Å². The van der Waals surface area contributed by atoms with Crippen LogP contribution in [0.2, 0.25) is 0 Å². The van der Waals surface area contributed by atoms with Gasteiger partial charge in [0.1, 0.15) is 0 Å². The molecule has 8 aromatic rings. The highest BCUT2D eigenvalue weighted by Gasteiger charge is 2.41. The molecule has 8 nitrogen and oxygen atoms in total. The van der Waals surface area contributed by atoms with Gasteiger partial charge >= 0.3 is 0 Å². The van der Waals surface area contributed by atoms with E-state index in [0.29, 0.717) is 22.1 Å². The number of carbonyl (C=O) groups is 4. The van der Waals surface area contributed by atoms with E-state index in [1.807, 2.05) is 24.3 Å². The van der Waals surface area contributed by atoms with Crippen molar-refractivity contribution in [3.8, 4) is 0 Å². The second-order valence-electron chi connectivity index (χ2n) is 19.7. The Morgan fingerprint density at radius 3 is 0.689 bits per heavy atom. The third kappa shape index (κ3) is 9.65. The lowest BCUT2D eigenvalue weighted by Crippen LogP contribution is -2.43. The first-order chi connectivity index (χ1) is 36.2. The summed E-state index contributed by atoms with van der Waals surface area (Å²) in [5, 5.41) is 0.653. The zero-order chi connectivity index (χ0) is 51.3. The average molecular weight is 977 g/mol. The van der Waals surface area contributed by atoms with Crippen molar-refractivity contribution in [2.24, 2.45) is 0 Å². The molecule has 2 aliphatic rings. The van der Waals surface area contributed by atoms with Gasteiger partial charge in [-0.05, 0) is 195 Å². The third-order valence-electron chi connectivity index (χ3n) is 14.7. The van der Waals surface area contributed by atoms with Crippen LogP contribution in [0, 0.1) is 0 Å². The second kappa shape index (κ2) is 21.9. The van der Waals surface area contributed by atoms with E-state index < -0.39 is 23.6 Å². The van der Waals surface area contributed by atoms with Gasteiger partial charge < -0.3 is 9.80 Å². The molecule has 2 aliphatic heterocycles. The van der Waals surface area contributed by atoms with Gasteiger partial charge in [-0.25, -0.2) is 9.80 Å². The maximum absolute atomic E-state index is 14.6. The summed E-state index contributed by atoms with van der Waals surface area (Å²) in [6.07, 6.45) is 13.2. The van der Waals surface area contributed by atoms with Gasteiger partial charge in [0.05, 0.1) is 11.4 Å². The molecule has 0 aliphatic carbocycles. The summed E-state index contributed by atoms with van der Waals surface area (Å²) in [7, 11) is 0. The Bertz CT molecular complexity index is 2930. The standard InChI is InChI=1S/C66H64N4O4/c1-5-9-13-45-17-25-49(26-18-45)67(50-27-19-46(20-28-50)14-10-6-2)53-33-37-55(38-34-53)69-63(71)57-41-43-59-62-60(44-42-58(61(57)62)64(69)72)66(74)70(65(59)73)56-39-35-54(36-40-56)68(51-29-21-47(22-30-51)15-11-7-3)52-31-23-48(24-32-52)16-12-8-4/h17-44H,5-16H2,1-4H3. The number of benzene rings is 8. The fourth-order valence-electron chi connectivity index (χ4n) is 10.5. The van der Waals surface area contributed by atoms with E-state index in [9.17, 15) is 19.2 Å². The summed E-state index contributed by atoms with van der Waals surface area (Å²) in [5.74, 6) is -2.07. The van der Waals surface area contributed by atoms with Crippen molar-refractivity contribution in [3.63, 3.8) is 0 Å². The van der Waals surface area contributed by atoms with Crippen LogP contribution in [0.1, 0.15) is 143 Å². The van der Waals surface area contributed by atoms with Gasteiger partial charge in [0.25, 0.3) is 23.6 Å². The summed E-state index contributed by atoms with van der Waals surface area (Å²) in [5.41, 5.74) is 12.8. The average Bonchev–Trinajstić information content (AvgIpc) is 3.44. The van der Waals surface area contributed by atoms with Gasteiger partial charge in [0, 0.05) is 67.2 Å². The largest absolute Gasteiger partial charge is 0.311 e. The first-order valence-corrected chi connectivity index (χ1v) is 26.7. The van der Waals surface area contributed by atoms with E-state index in [0.717, 1.165) is 111 Å². The first kappa shape index (κ1) is 49.5. The van der Waals surface area contributed by atoms with Crippen molar-refractivity contribution in [2.75, 3.05) is 19.6 Å². The van der Waals surface area contributed by atoms with Crippen molar-refractivity contribution in [1.82, 2.24) is 0 Å². The quantitative estimate of drug-likeness (QED) is 0.0708. The van der Waals surface area contributed by atoms with Gasteiger partial charge in [-0.15, -0.1) is 0 Å². The Balaban J connectivity index is 0.929. The SMILES string of the molecule is CCCCc1ccc(N(c2ccc(CCCC)cc2)c2ccc(N3C(=O)c4ccc5c6c(ccc(c46)C3=O)C(=O)N(c3ccc(N(c4ccc(CCCC)cc4)c4ccc(CCCC)cc4)cc3)C5=O)cc2)cc1. The van der Waals surface area contributed by atoms with Crippen molar-refractivity contribution < 1.29 is 19.2 Å². The number of hydrogen-bond acceptors (Lipinski definition) is 6. The van der Waals surface area contributed by atoms with E-state index in [-0.39, 0.29) is 22.3 Å². The lowest BCUT2D eigenvalue weighted by Gasteiger charge is -2.32. The summed E-state index contributed by atoms with van der Waals surface area (Å²) < 4.78 is 0. The fourth-order valence-corrected chi connectivity index (χ4v) is 10.5. The molecule has 0 radical (unpaired) electrons. The van der Waals surface area contributed by atoms with Crippen molar-refractivity contribution in [1.29, 1.82) is 0 Å². The molecule has 372 valence electrons. The smallest absolute Gasteiger partial charge is 0.265 e. The summed E-state index contributed by atoms with van der Waals surface area (Å²) in [4.78, 5) is 65.1. The number of hydrogen-bond donors (Lipinski definition) is 0. The van der Waals surface area contributed by atoms with Gasteiger partial charge in [-0.2, -0.15) is 0 Å². The Morgan fingerprint density at radius 1 is 0.284 bits per heavy atom. The third-order valence-corrected chi connectivity index (χ3v) is 14.7. The molecular weight excluding hydrogens is 913 g/mol. The van der Waals surface area contributed by atoms with E-state index >= 15 is 0 Å². The minimum Gasteiger partial charge on any atom is -0.311 e. The van der Waals surface area contributed by atoms with Gasteiger partial charge in [-0.3, -0.25) is 19.2 Å². The van der Waals surface area contributed by atoms with Crippen LogP contribution in [-0.2, 0) is 25.7 Å². The lowest BCUT2D eigenvalue weighted by molar-refractivity contribution is 0.0873. The molecule has 0 fully saturated rings. The predicted molar refractivity (Wildman–Crippen MR) is 303 cm³/mol. The van der Waals surface area contributed by atoms with Crippen LogP contribution in [-0.4, -0.2) is 23.6 Å². The van der Waals surface area contributed by atoms with Crippen LogP contribution in [0.15, 0.2) is 170 Å². The van der Waals surface area contributed by atoms with Crippen LogP contribution in [0.4, 0.5) is 45.5 Å². The first-order valence-electron chi connectivity index (χ1n) is 26.7. The Kier molecular flexibility index (Phi) is 14.7. The molecule has 0 saturated heterocycles. The molecular formula is C66H64N4O4. The number of imide groups is 2. The molecule has 0 saturated carbocycles. The van der Waals surface area contributed by atoms with Gasteiger partial charge in [0.2, 0.25) is 0 Å². The number of rotatable bonds is 20. The summed E-state index contributed by atoms with van der Waals surface area (Å²) in [6, 6.07) is 56.2. The normalized spacial score (nSPS) is 13.0. The summed E-state index contributed by atoms with van der Waals surface area (Å²) >= 11 is 0. The molecule has 0 unspecified atom stereocenters. The number of unbranched alkanes of at least 4 members (excludes halogenated alkanes) is 4. The van der Waals surface area contributed by atoms with Crippen LogP contribution in [0.25, 0.3) is 10.8 Å². The molecule has 74 heavy (non-hydrogen) atoms. The summed E-state index contributed by atoms with van der Waals surface area (Å²) in [6.45, 7) is 8.81. The molecule has 4 amide bonds. The number of aryl methyl sites for hydroxylation is 4. The zero-order valence-corrected chi connectivity index (χ0v) is 43.1. The molecule has 8 aromatic carbocycles. The minimum absolute atomic E-state index is 0.257. The fraction of sp³-hybridized carbons (Fsp3) is 0.242. The number of anilines is 8. The maximum Gasteiger partial charge on any atom is 0.265 e. The molecule has 0 aromatic heterocycles. The highest BCUT2D eigenvalue weighted by molar-refractivity contribution is 6.42. The van der Waals surface area contributed by atoms with Crippen LogP contribution in [0.5, 0.6) is 0 Å². The van der Waals surface area contributed by atoms with E-state index in [1.165, 1.54) is 32.1 Å². The molecule has 2 heterocycles. The molecule has 0 atom stereocenters. The Morgan fingerprint density at radius 2 is 0.486 bits per heavy atom. The maximum atomic E-state index is 14.6. The molecule has 8 heteroatoms. The zero-order valence-electron chi connectivity index (χ0n) is 43.1. The van der Waals surface area contributed by atoms with Crippen LogP contribution in [0.3, 0.4) is 0 Å². The van der Waals surface area contributed by atoms with Crippen molar-refractivity contribution in [2.45, 2.75) is 105 Å². The molecule has 0 bridgehead atoms. The van der Waals surface area contributed by atoms with E-state index in [2.05, 4.69) is 135 Å². The highest BCUT2D eigenvalue weighted by Crippen LogP contribution is 2.43. The molecule has 10 rings (SSSR count). The predicted octanol–water partition coefficient (Wildman–Crippen LogP) is 16.8. The number of amides is 4. The Hall–Kier alpha value is -8.10. The monoisotopic (exact) mass is 976 g/mol.